The van der Waals surface area contributed by atoms with Crippen molar-refractivity contribution in [2.45, 2.75) is 46.1 Å². The van der Waals surface area contributed by atoms with Crippen LogP contribution in [0.25, 0.3) is 0 Å². The highest BCUT2D eigenvalue weighted by atomic mass is 15.2. The average Bonchev–Trinajstić information content (AvgIpc) is 2.70. The molecule has 0 radical (unpaired) electrons. The SMILES string of the molecule is CC(C)(C)C1=CCN(C[C@@H]2CCCN2)CC1. The Morgan fingerprint density at radius 2 is 2.25 bits per heavy atom. The summed E-state index contributed by atoms with van der Waals surface area (Å²) < 4.78 is 0. The van der Waals surface area contributed by atoms with E-state index in [9.17, 15) is 0 Å². The fourth-order valence-electron chi connectivity index (χ4n) is 2.78. The lowest BCUT2D eigenvalue weighted by molar-refractivity contribution is 0.255. The second-order valence-electron chi connectivity index (χ2n) is 6.28. The quantitative estimate of drug-likeness (QED) is 0.722. The lowest BCUT2D eigenvalue weighted by atomic mass is 9.83. The van der Waals surface area contributed by atoms with Gasteiger partial charge in [-0.1, -0.05) is 32.4 Å². The minimum Gasteiger partial charge on any atom is -0.313 e. The van der Waals surface area contributed by atoms with E-state index in [1.807, 2.05) is 0 Å². The van der Waals surface area contributed by atoms with Crippen molar-refractivity contribution in [3.8, 4) is 0 Å². The molecule has 92 valence electrons. The smallest absolute Gasteiger partial charge is 0.0195 e. The van der Waals surface area contributed by atoms with Crippen LogP contribution in [0.2, 0.25) is 0 Å². The van der Waals surface area contributed by atoms with Crippen LogP contribution in [-0.2, 0) is 0 Å². The molecule has 0 spiro atoms. The molecule has 0 unspecified atom stereocenters. The number of hydrogen-bond donors (Lipinski definition) is 1. The van der Waals surface area contributed by atoms with Gasteiger partial charge in [0.05, 0.1) is 0 Å². The van der Waals surface area contributed by atoms with Crippen molar-refractivity contribution >= 4 is 0 Å². The Morgan fingerprint density at radius 1 is 1.44 bits per heavy atom. The molecule has 0 amide bonds. The van der Waals surface area contributed by atoms with E-state index in [-0.39, 0.29) is 0 Å². The summed E-state index contributed by atoms with van der Waals surface area (Å²) >= 11 is 0. The molecule has 0 aromatic carbocycles. The standard InChI is InChI=1S/C14H26N2/c1-14(2,3)12-6-9-16(10-7-12)11-13-5-4-8-15-13/h6,13,15H,4-5,7-11H2,1-3H3/t13-/m0/s1. The molecule has 1 saturated heterocycles. The Kier molecular flexibility index (Phi) is 3.70. The van der Waals surface area contributed by atoms with Crippen LogP contribution in [-0.4, -0.2) is 37.1 Å². The van der Waals surface area contributed by atoms with E-state index in [2.05, 4.69) is 37.1 Å². The molecule has 1 N–H and O–H groups in total. The first-order valence-electron chi connectivity index (χ1n) is 6.71. The third kappa shape index (κ3) is 3.08. The highest BCUT2D eigenvalue weighted by molar-refractivity contribution is 5.14. The van der Waals surface area contributed by atoms with Crippen molar-refractivity contribution in [3.05, 3.63) is 11.6 Å². The molecule has 2 aliphatic rings. The molecule has 1 atom stereocenters. The third-order valence-electron chi connectivity index (χ3n) is 3.90. The van der Waals surface area contributed by atoms with Crippen LogP contribution < -0.4 is 5.32 Å². The lowest BCUT2D eigenvalue weighted by Gasteiger charge is -2.33. The van der Waals surface area contributed by atoms with Crippen molar-refractivity contribution in [2.75, 3.05) is 26.2 Å². The Hall–Kier alpha value is -0.340. The van der Waals surface area contributed by atoms with Gasteiger partial charge in [-0.2, -0.15) is 0 Å². The summed E-state index contributed by atoms with van der Waals surface area (Å²) in [6.45, 7) is 11.9. The zero-order valence-corrected chi connectivity index (χ0v) is 11.1. The van der Waals surface area contributed by atoms with E-state index in [0.29, 0.717) is 5.41 Å². The van der Waals surface area contributed by atoms with Crippen molar-refractivity contribution in [2.24, 2.45) is 5.41 Å². The van der Waals surface area contributed by atoms with Gasteiger partial charge in [-0.25, -0.2) is 0 Å². The Morgan fingerprint density at radius 3 is 2.75 bits per heavy atom. The molecule has 1 fully saturated rings. The van der Waals surface area contributed by atoms with E-state index < -0.39 is 0 Å². The summed E-state index contributed by atoms with van der Waals surface area (Å²) in [6.07, 6.45) is 6.45. The molecule has 0 aromatic rings. The van der Waals surface area contributed by atoms with Gasteiger partial charge in [-0.05, 0) is 31.2 Å². The van der Waals surface area contributed by atoms with Crippen LogP contribution in [0.4, 0.5) is 0 Å². The Labute approximate surface area is 100 Å². The second-order valence-corrected chi connectivity index (χ2v) is 6.28. The average molecular weight is 222 g/mol. The first kappa shape index (κ1) is 12.1. The van der Waals surface area contributed by atoms with Crippen LogP contribution in [0.5, 0.6) is 0 Å². The zero-order chi connectivity index (χ0) is 11.6. The monoisotopic (exact) mass is 222 g/mol. The first-order valence-corrected chi connectivity index (χ1v) is 6.71. The minimum atomic E-state index is 0.373. The van der Waals surface area contributed by atoms with Gasteiger partial charge in [-0.3, -0.25) is 4.90 Å². The third-order valence-corrected chi connectivity index (χ3v) is 3.90. The van der Waals surface area contributed by atoms with Gasteiger partial charge >= 0.3 is 0 Å². The van der Waals surface area contributed by atoms with Crippen LogP contribution in [0.3, 0.4) is 0 Å². The normalized spacial score (nSPS) is 28.2. The van der Waals surface area contributed by atoms with Gasteiger partial charge in [0.1, 0.15) is 0 Å². The maximum atomic E-state index is 3.58. The summed E-state index contributed by atoms with van der Waals surface area (Å²) in [4.78, 5) is 2.60. The molecule has 0 aromatic heterocycles. The number of nitrogens with zero attached hydrogens (tertiary/aromatic N) is 1. The summed E-state index contributed by atoms with van der Waals surface area (Å²) in [5.74, 6) is 0. The maximum absolute atomic E-state index is 3.58. The molecule has 0 saturated carbocycles. The number of rotatable bonds is 2. The summed E-state index contributed by atoms with van der Waals surface area (Å²) in [5.41, 5.74) is 2.01. The maximum Gasteiger partial charge on any atom is 0.0195 e. The van der Waals surface area contributed by atoms with E-state index in [0.717, 1.165) is 12.6 Å². The predicted octanol–water partition coefficient (Wildman–Crippen LogP) is 2.42. The van der Waals surface area contributed by atoms with Gasteiger partial charge in [-0.15, -0.1) is 0 Å². The van der Waals surface area contributed by atoms with Crippen molar-refractivity contribution in [1.82, 2.24) is 10.2 Å². The highest BCUT2D eigenvalue weighted by Crippen LogP contribution is 2.30. The second kappa shape index (κ2) is 4.89. The fourth-order valence-corrected chi connectivity index (χ4v) is 2.78. The van der Waals surface area contributed by atoms with Crippen LogP contribution in [0.15, 0.2) is 11.6 Å². The predicted molar refractivity (Wildman–Crippen MR) is 69.6 cm³/mol. The molecule has 16 heavy (non-hydrogen) atoms. The Bertz CT molecular complexity index is 256. The number of hydrogen-bond acceptors (Lipinski definition) is 2. The molecule has 2 aliphatic heterocycles. The van der Waals surface area contributed by atoms with Gasteiger partial charge in [0.25, 0.3) is 0 Å². The Balaban J connectivity index is 1.82. The molecule has 2 heteroatoms. The molecular formula is C14H26N2. The van der Waals surface area contributed by atoms with Gasteiger partial charge in [0.2, 0.25) is 0 Å². The molecular weight excluding hydrogens is 196 g/mol. The molecule has 0 bridgehead atoms. The topological polar surface area (TPSA) is 15.3 Å². The number of nitrogens with one attached hydrogen (secondary N) is 1. The van der Waals surface area contributed by atoms with Crippen LogP contribution in [0, 0.1) is 5.41 Å². The summed E-state index contributed by atoms with van der Waals surface area (Å²) in [7, 11) is 0. The summed E-state index contributed by atoms with van der Waals surface area (Å²) in [6, 6.07) is 0.754. The minimum absolute atomic E-state index is 0.373. The van der Waals surface area contributed by atoms with Crippen molar-refractivity contribution < 1.29 is 0 Å². The molecule has 2 nitrogen and oxygen atoms in total. The van der Waals surface area contributed by atoms with Crippen LogP contribution >= 0.6 is 0 Å². The van der Waals surface area contributed by atoms with Crippen LogP contribution in [0.1, 0.15) is 40.0 Å². The lowest BCUT2D eigenvalue weighted by Crippen LogP contribution is -2.40. The fraction of sp³-hybridized carbons (Fsp3) is 0.857. The molecule has 0 aliphatic carbocycles. The van der Waals surface area contributed by atoms with E-state index in [1.165, 1.54) is 38.9 Å². The van der Waals surface area contributed by atoms with E-state index >= 15 is 0 Å². The van der Waals surface area contributed by atoms with Gasteiger partial charge in [0.15, 0.2) is 0 Å². The summed E-state index contributed by atoms with van der Waals surface area (Å²) in [5, 5.41) is 3.58. The molecule has 2 heterocycles. The van der Waals surface area contributed by atoms with E-state index in [4.69, 9.17) is 0 Å². The highest BCUT2D eigenvalue weighted by Gasteiger charge is 2.23. The van der Waals surface area contributed by atoms with Gasteiger partial charge in [0, 0.05) is 25.7 Å². The van der Waals surface area contributed by atoms with Crippen molar-refractivity contribution in [3.63, 3.8) is 0 Å². The molecule has 2 rings (SSSR count). The largest absolute Gasteiger partial charge is 0.313 e. The zero-order valence-electron chi connectivity index (χ0n) is 11.1. The van der Waals surface area contributed by atoms with Crippen molar-refractivity contribution in [1.29, 1.82) is 0 Å². The van der Waals surface area contributed by atoms with Gasteiger partial charge < -0.3 is 5.32 Å². The first-order chi connectivity index (χ1) is 7.55. The van der Waals surface area contributed by atoms with E-state index in [1.54, 1.807) is 5.57 Å².